The number of carbonyl (C=O) groups is 1. The molecular weight excluding hydrogens is 372 g/mol. The van der Waals surface area contributed by atoms with Gasteiger partial charge in [-0.15, -0.1) is 0 Å². The number of rotatable bonds is 5. The Hall–Kier alpha value is -2.79. The van der Waals surface area contributed by atoms with Gasteiger partial charge in [-0.2, -0.15) is 0 Å². The molecule has 1 aromatic heterocycles. The van der Waals surface area contributed by atoms with E-state index in [2.05, 4.69) is 16.0 Å². The number of anilines is 1. The van der Waals surface area contributed by atoms with Crippen molar-refractivity contribution in [2.45, 2.75) is 13.0 Å². The molecule has 5 nitrogen and oxygen atoms in total. The third kappa shape index (κ3) is 4.37. The summed E-state index contributed by atoms with van der Waals surface area (Å²) in [5, 5.41) is 0.742. The molecule has 144 valence electrons. The highest BCUT2D eigenvalue weighted by Crippen LogP contribution is 2.21. The lowest BCUT2D eigenvalue weighted by atomic mass is 10.2. The highest BCUT2D eigenvalue weighted by Gasteiger charge is 2.21. The Morgan fingerprint density at radius 2 is 1.79 bits per heavy atom. The van der Waals surface area contributed by atoms with Crippen molar-refractivity contribution in [2.75, 3.05) is 31.1 Å². The van der Waals surface area contributed by atoms with Crippen molar-refractivity contribution in [1.82, 2.24) is 14.5 Å². The standard InChI is InChI=1S/C22H23ClN4O/c23-19-7-4-8-20(15-19)26-11-13-27(14-12-26)22(28)9-10-25-16-21(24-17-25)18-5-2-1-3-6-18/h1-8,15-17H,9-14H2. The first-order valence-corrected chi connectivity index (χ1v) is 9.92. The van der Waals surface area contributed by atoms with Crippen molar-refractivity contribution in [3.05, 3.63) is 72.1 Å². The van der Waals surface area contributed by atoms with E-state index in [1.54, 1.807) is 6.33 Å². The second kappa shape index (κ2) is 8.48. The third-order valence-corrected chi connectivity index (χ3v) is 5.33. The van der Waals surface area contributed by atoms with Crippen LogP contribution in [0.1, 0.15) is 6.42 Å². The fourth-order valence-corrected chi connectivity index (χ4v) is 3.69. The van der Waals surface area contributed by atoms with Gasteiger partial charge >= 0.3 is 0 Å². The van der Waals surface area contributed by atoms with Crippen LogP contribution in [-0.2, 0) is 11.3 Å². The second-order valence-corrected chi connectivity index (χ2v) is 7.40. The van der Waals surface area contributed by atoms with Crippen molar-refractivity contribution >= 4 is 23.2 Å². The Labute approximate surface area is 170 Å². The van der Waals surface area contributed by atoms with Gasteiger partial charge in [0.15, 0.2) is 0 Å². The van der Waals surface area contributed by atoms with Gasteiger partial charge in [0.05, 0.1) is 12.0 Å². The SMILES string of the molecule is O=C(CCn1cnc(-c2ccccc2)c1)N1CCN(c2cccc(Cl)c2)CC1. The fourth-order valence-electron chi connectivity index (χ4n) is 3.51. The largest absolute Gasteiger partial charge is 0.368 e. The number of nitrogens with zero attached hydrogens (tertiary/aromatic N) is 4. The minimum Gasteiger partial charge on any atom is -0.368 e. The predicted molar refractivity (Wildman–Crippen MR) is 113 cm³/mol. The monoisotopic (exact) mass is 394 g/mol. The molecule has 0 saturated carbocycles. The van der Waals surface area contributed by atoms with Crippen LogP contribution in [0.2, 0.25) is 5.02 Å². The molecule has 0 unspecified atom stereocenters. The zero-order valence-electron chi connectivity index (χ0n) is 15.7. The van der Waals surface area contributed by atoms with Crippen LogP contribution in [0.15, 0.2) is 67.1 Å². The third-order valence-electron chi connectivity index (χ3n) is 5.09. The maximum Gasteiger partial charge on any atom is 0.224 e. The Morgan fingerprint density at radius 1 is 1.00 bits per heavy atom. The Morgan fingerprint density at radius 3 is 2.54 bits per heavy atom. The number of imidazole rings is 1. The maximum atomic E-state index is 12.6. The number of halogens is 1. The summed E-state index contributed by atoms with van der Waals surface area (Å²) in [7, 11) is 0. The smallest absolute Gasteiger partial charge is 0.224 e. The fraction of sp³-hybridized carbons (Fsp3) is 0.273. The zero-order chi connectivity index (χ0) is 19.3. The van der Waals surface area contributed by atoms with Crippen LogP contribution in [0.5, 0.6) is 0 Å². The predicted octanol–water partition coefficient (Wildman–Crippen LogP) is 3.94. The summed E-state index contributed by atoms with van der Waals surface area (Å²) in [6, 6.07) is 17.9. The molecule has 2 aromatic carbocycles. The number of carbonyl (C=O) groups excluding carboxylic acids is 1. The van der Waals surface area contributed by atoms with E-state index < -0.39 is 0 Å². The lowest BCUT2D eigenvalue weighted by Crippen LogP contribution is -2.48. The van der Waals surface area contributed by atoms with Gasteiger partial charge in [-0.1, -0.05) is 48.0 Å². The average Bonchev–Trinajstić information content (AvgIpc) is 3.22. The minimum atomic E-state index is 0.195. The molecular formula is C22H23ClN4O. The normalized spacial score (nSPS) is 14.3. The molecule has 1 amide bonds. The number of amides is 1. The maximum absolute atomic E-state index is 12.6. The topological polar surface area (TPSA) is 41.4 Å². The van der Waals surface area contributed by atoms with Gasteiger partial charge in [0, 0.05) is 61.6 Å². The molecule has 1 fully saturated rings. The first-order chi connectivity index (χ1) is 13.7. The summed E-state index contributed by atoms with van der Waals surface area (Å²) in [5.41, 5.74) is 3.14. The van der Waals surface area contributed by atoms with Crippen LogP contribution in [0.3, 0.4) is 0 Å². The first kappa shape index (κ1) is 18.6. The van der Waals surface area contributed by atoms with Crippen molar-refractivity contribution in [3.63, 3.8) is 0 Å². The highest BCUT2D eigenvalue weighted by molar-refractivity contribution is 6.30. The summed E-state index contributed by atoms with van der Waals surface area (Å²) in [6.45, 7) is 3.78. The van der Waals surface area contributed by atoms with E-state index in [0.29, 0.717) is 13.0 Å². The highest BCUT2D eigenvalue weighted by atomic mass is 35.5. The van der Waals surface area contributed by atoms with Gasteiger partial charge in [0.25, 0.3) is 0 Å². The van der Waals surface area contributed by atoms with Crippen LogP contribution >= 0.6 is 11.6 Å². The van der Waals surface area contributed by atoms with Crippen molar-refractivity contribution in [3.8, 4) is 11.3 Å². The molecule has 0 aliphatic carbocycles. The molecule has 0 atom stereocenters. The van der Waals surface area contributed by atoms with Crippen molar-refractivity contribution < 1.29 is 4.79 Å². The van der Waals surface area contributed by atoms with E-state index in [9.17, 15) is 4.79 Å². The molecule has 6 heteroatoms. The van der Waals surface area contributed by atoms with E-state index in [0.717, 1.165) is 48.1 Å². The number of hydrogen-bond acceptors (Lipinski definition) is 3. The number of aromatic nitrogens is 2. The van der Waals surface area contributed by atoms with Gasteiger partial charge in [-0.05, 0) is 18.2 Å². The van der Waals surface area contributed by atoms with Crippen LogP contribution < -0.4 is 4.90 Å². The molecule has 28 heavy (non-hydrogen) atoms. The number of aryl methyl sites for hydroxylation is 1. The number of hydrogen-bond donors (Lipinski definition) is 0. The van der Waals surface area contributed by atoms with Crippen molar-refractivity contribution in [2.24, 2.45) is 0 Å². The molecule has 2 heterocycles. The number of piperazine rings is 1. The van der Waals surface area contributed by atoms with Crippen LogP contribution in [0.4, 0.5) is 5.69 Å². The number of benzene rings is 2. The van der Waals surface area contributed by atoms with E-state index in [4.69, 9.17) is 11.6 Å². The Bertz CT molecular complexity index is 932. The average molecular weight is 395 g/mol. The van der Waals surface area contributed by atoms with Gasteiger partial charge in [-0.25, -0.2) is 4.98 Å². The summed E-state index contributed by atoms with van der Waals surface area (Å²) in [4.78, 5) is 21.3. The minimum absolute atomic E-state index is 0.195. The summed E-state index contributed by atoms with van der Waals surface area (Å²) >= 11 is 6.08. The second-order valence-electron chi connectivity index (χ2n) is 6.96. The van der Waals surface area contributed by atoms with E-state index in [-0.39, 0.29) is 5.91 Å². The van der Waals surface area contributed by atoms with Gasteiger partial charge in [0.2, 0.25) is 5.91 Å². The van der Waals surface area contributed by atoms with E-state index in [1.165, 1.54) is 0 Å². The molecule has 0 bridgehead atoms. The van der Waals surface area contributed by atoms with Gasteiger partial charge in [-0.3, -0.25) is 4.79 Å². The van der Waals surface area contributed by atoms with Gasteiger partial charge in [0.1, 0.15) is 0 Å². The lowest BCUT2D eigenvalue weighted by molar-refractivity contribution is -0.131. The summed E-state index contributed by atoms with van der Waals surface area (Å²) in [6.07, 6.45) is 4.29. The molecule has 3 aromatic rings. The molecule has 1 aliphatic rings. The molecule has 0 radical (unpaired) electrons. The van der Waals surface area contributed by atoms with Crippen LogP contribution in [0, 0.1) is 0 Å². The molecule has 1 saturated heterocycles. The van der Waals surface area contributed by atoms with E-state index >= 15 is 0 Å². The Kier molecular flexibility index (Phi) is 5.63. The Balaban J connectivity index is 1.28. The molecule has 4 rings (SSSR count). The van der Waals surface area contributed by atoms with Crippen molar-refractivity contribution in [1.29, 1.82) is 0 Å². The molecule has 0 N–H and O–H groups in total. The van der Waals surface area contributed by atoms with Gasteiger partial charge < -0.3 is 14.4 Å². The molecule has 1 aliphatic heterocycles. The molecule has 0 spiro atoms. The van der Waals surface area contributed by atoms with Crippen LogP contribution in [0.25, 0.3) is 11.3 Å². The zero-order valence-corrected chi connectivity index (χ0v) is 16.4. The lowest BCUT2D eigenvalue weighted by Gasteiger charge is -2.36. The van der Waals surface area contributed by atoms with Crippen LogP contribution in [-0.4, -0.2) is 46.5 Å². The summed E-state index contributed by atoms with van der Waals surface area (Å²) < 4.78 is 1.99. The summed E-state index contributed by atoms with van der Waals surface area (Å²) in [5.74, 6) is 0.195. The quantitative estimate of drug-likeness (QED) is 0.658. The first-order valence-electron chi connectivity index (χ1n) is 9.54. The van der Waals surface area contributed by atoms with E-state index in [1.807, 2.05) is 64.2 Å².